The van der Waals surface area contributed by atoms with E-state index in [2.05, 4.69) is 15.0 Å². The molecule has 130 valence electrons. The van der Waals surface area contributed by atoms with Gasteiger partial charge in [-0.3, -0.25) is 4.57 Å². The van der Waals surface area contributed by atoms with Crippen molar-refractivity contribution in [3.63, 3.8) is 0 Å². The summed E-state index contributed by atoms with van der Waals surface area (Å²) in [5.74, 6) is 0.822. The van der Waals surface area contributed by atoms with Gasteiger partial charge in [0.15, 0.2) is 17.0 Å². The lowest BCUT2D eigenvalue weighted by Crippen LogP contribution is -2.22. The standard InChI is InChI=1S/C16H23N5O3/c17-14-13-15(21(10-18-13)12-3-1-2-6-23-12)20-16(19-14)24-9-11-4-7-22-8-5-11/h10-12H,1-9H2,(H2,17,19,20). The zero-order valence-electron chi connectivity index (χ0n) is 13.7. The summed E-state index contributed by atoms with van der Waals surface area (Å²) in [6.45, 7) is 2.93. The first-order valence-corrected chi connectivity index (χ1v) is 8.63. The molecule has 4 rings (SSSR count). The molecule has 2 aliphatic rings. The molecule has 0 radical (unpaired) electrons. The molecule has 8 heteroatoms. The predicted molar refractivity (Wildman–Crippen MR) is 87.6 cm³/mol. The quantitative estimate of drug-likeness (QED) is 0.912. The highest BCUT2D eigenvalue weighted by molar-refractivity contribution is 5.81. The van der Waals surface area contributed by atoms with Crippen LogP contribution in [0.25, 0.3) is 11.2 Å². The molecule has 0 aliphatic carbocycles. The number of hydrogen-bond donors (Lipinski definition) is 1. The maximum Gasteiger partial charge on any atom is 0.320 e. The average molecular weight is 333 g/mol. The summed E-state index contributed by atoms with van der Waals surface area (Å²) in [5, 5.41) is 0. The number of nitrogen functional groups attached to an aromatic ring is 1. The Labute approximate surface area is 140 Å². The van der Waals surface area contributed by atoms with Crippen molar-refractivity contribution >= 4 is 17.0 Å². The molecule has 0 spiro atoms. The number of rotatable bonds is 4. The minimum Gasteiger partial charge on any atom is -0.463 e. The summed E-state index contributed by atoms with van der Waals surface area (Å²) >= 11 is 0. The topological polar surface area (TPSA) is 97.3 Å². The van der Waals surface area contributed by atoms with Gasteiger partial charge in [0.1, 0.15) is 6.23 Å². The molecule has 0 amide bonds. The Balaban J connectivity index is 1.55. The van der Waals surface area contributed by atoms with Gasteiger partial charge in [0, 0.05) is 19.8 Å². The van der Waals surface area contributed by atoms with Crippen LogP contribution in [-0.2, 0) is 9.47 Å². The van der Waals surface area contributed by atoms with Crippen LogP contribution < -0.4 is 10.5 Å². The number of anilines is 1. The van der Waals surface area contributed by atoms with Crippen molar-refractivity contribution in [2.24, 2.45) is 5.92 Å². The van der Waals surface area contributed by atoms with Crippen molar-refractivity contribution < 1.29 is 14.2 Å². The SMILES string of the molecule is Nc1nc(OCC2CCOCC2)nc2c1ncn2C1CCCCO1. The van der Waals surface area contributed by atoms with Crippen LogP contribution in [0.3, 0.4) is 0 Å². The molecule has 1 atom stereocenters. The van der Waals surface area contributed by atoms with E-state index in [0.29, 0.717) is 35.5 Å². The maximum absolute atomic E-state index is 6.04. The third-order valence-corrected chi connectivity index (χ3v) is 4.68. The Morgan fingerprint density at radius 2 is 2.04 bits per heavy atom. The highest BCUT2D eigenvalue weighted by atomic mass is 16.5. The molecule has 2 aliphatic heterocycles. The van der Waals surface area contributed by atoms with Crippen molar-refractivity contribution in [3.8, 4) is 6.01 Å². The van der Waals surface area contributed by atoms with E-state index < -0.39 is 0 Å². The number of ether oxygens (including phenoxy) is 3. The second kappa shape index (κ2) is 6.90. The van der Waals surface area contributed by atoms with Crippen molar-refractivity contribution in [1.29, 1.82) is 0 Å². The first-order chi connectivity index (χ1) is 11.8. The lowest BCUT2D eigenvalue weighted by Gasteiger charge is -2.24. The van der Waals surface area contributed by atoms with Crippen LogP contribution in [0.2, 0.25) is 0 Å². The highest BCUT2D eigenvalue weighted by Gasteiger charge is 2.21. The molecular weight excluding hydrogens is 310 g/mol. The Bertz CT molecular complexity index is 692. The molecule has 0 bridgehead atoms. The molecule has 2 aromatic rings. The fourth-order valence-electron chi connectivity index (χ4n) is 3.24. The highest BCUT2D eigenvalue weighted by Crippen LogP contribution is 2.28. The van der Waals surface area contributed by atoms with E-state index in [4.69, 9.17) is 19.9 Å². The van der Waals surface area contributed by atoms with Gasteiger partial charge in [-0.2, -0.15) is 9.97 Å². The summed E-state index contributed by atoms with van der Waals surface area (Å²) in [6, 6.07) is 0.309. The van der Waals surface area contributed by atoms with Crippen molar-refractivity contribution in [3.05, 3.63) is 6.33 Å². The van der Waals surface area contributed by atoms with Crippen molar-refractivity contribution in [2.45, 2.75) is 38.3 Å². The first kappa shape index (κ1) is 15.6. The summed E-state index contributed by atoms with van der Waals surface area (Å²) in [5.41, 5.74) is 7.32. The predicted octanol–water partition coefficient (Wildman–Crippen LogP) is 1.91. The van der Waals surface area contributed by atoms with E-state index in [1.54, 1.807) is 6.33 Å². The Hall–Kier alpha value is -1.93. The van der Waals surface area contributed by atoms with Crippen molar-refractivity contribution in [2.75, 3.05) is 32.2 Å². The van der Waals surface area contributed by atoms with Crippen LogP contribution in [0, 0.1) is 5.92 Å². The zero-order valence-corrected chi connectivity index (χ0v) is 13.7. The monoisotopic (exact) mass is 333 g/mol. The summed E-state index contributed by atoms with van der Waals surface area (Å²) in [4.78, 5) is 13.1. The van der Waals surface area contributed by atoms with Crippen LogP contribution in [0.1, 0.15) is 38.3 Å². The van der Waals surface area contributed by atoms with Gasteiger partial charge in [-0.15, -0.1) is 0 Å². The van der Waals surface area contributed by atoms with Crippen LogP contribution in [-0.4, -0.2) is 45.9 Å². The van der Waals surface area contributed by atoms with E-state index in [0.717, 1.165) is 51.9 Å². The minimum absolute atomic E-state index is 0.0404. The van der Waals surface area contributed by atoms with Gasteiger partial charge < -0.3 is 19.9 Å². The third-order valence-electron chi connectivity index (χ3n) is 4.68. The maximum atomic E-state index is 6.04. The summed E-state index contributed by atoms with van der Waals surface area (Å²) in [6.07, 6.45) is 6.89. The fourth-order valence-corrected chi connectivity index (χ4v) is 3.24. The number of aromatic nitrogens is 4. The fraction of sp³-hybridized carbons (Fsp3) is 0.688. The number of nitrogens with two attached hydrogens (primary N) is 1. The van der Waals surface area contributed by atoms with E-state index in [1.165, 1.54) is 0 Å². The molecule has 24 heavy (non-hydrogen) atoms. The Morgan fingerprint density at radius 3 is 2.83 bits per heavy atom. The molecule has 0 saturated carbocycles. The van der Waals surface area contributed by atoms with Gasteiger partial charge in [-0.25, -0.2) is 4.98 Å². The van der Waals surface area contributed by atoms with Crippen LogP contribution in [0.15, 0.2) is 6.33 Å². The second-order valence-corrected chi connectivity index (χ2v) is 6.40. The number of imidazole rings is 1. The molecular formula is C16H23N5O3. The van der Waals surface area contributed by atoms with Gasteiger partial charge in [-0.05, 0) is 38.0 Å². The number of nitrogens with zero attached hydrogens (tertiary/aromatic N) is 4. The first-order valence-electron chi connectivity index (χ1n) is 8.63. The zero-order chi connectivity index (χ0) is 16.4. The molecule has 0 aromatic carbocycles. The van der Waals surface area contributed by atoms with E-state index in [9.17, 15) is 0 Å². The lowest BCUT2D eigenvalue weighted by molar-refractivity contribution is -0.0298. The molecule has 8 nitrogen and oxygen atoms in total. The second-order valence-electron chi connectivity index (χ2n) is 6.40. The van der Waals surface area contributed by atoms with Gasteiger partial charge >= 0.3 is 6.01 Å². The minimum atomic E-state index is -0.0404. The van der Waals surface area contributed by atoms with Crippen molar-refractivity contribution in [1.82, 2.24) is 19.5 Å². The number of fused-ring (bicyclic) bond motifs is 1. The molecule has 2 fully saturated rings. The van der Waals surface area contributed by atoms with Gasteiger partial charge in [0.2, 0.25) is 0 Å². The van der Waals surface area contributed by atoms with E-state index >= 15 is 0 Å². The smallest absolute Gasteiger partial charge is 0.320 e. The lowest BCUT2D eigenvalue weighted by atomic mass is 10.0. The Kier molecular flexibility index (Phi) is 4.48. The molecule has 2 N–H and O–H groups in total. The largest absolute Gasteiger partial charge is 0.463 e. The summed E-state index contributed by atoms with van der Waals surface area (Å²) in [7, 11) is 0. The molecule has 2 aromatic heterocycles. The van der Waals surface area contributed by atoms with E-state index in [1.807, 2.05) is 4.57 Å². The molecule has 4 heterocycles. The van der Waals surface area contributed by atoms with E-state index in [-0.39, 0.29) is 6.23 Å². The molecule has 2 saturated heterocycles. The average Bonchev–Trinajstić information content (AvgIpc) is 3.06. The van der Waals surface area contributed by atoms with Gasteiger partial charge in [-0.1, -0.05) is 0 Å². The van der Waals surface area contributed by atoms with Gasteiger partial charge in [0.05, 0.1) is 12.9 Å². The Morgan fingerprint density at radius 1 is 1.17 bits per heavy atom. The third kappa shape index (κ3) is 3.16. The van der Waals surface area contributed by atoms with Crippen LogP contribution in [0.4, 0.5) is 5.82 Å². The molecule has 1 unspecified atom stereocenters. The van der Waals surface area contributed by atoms with Gasteiger partial charge in [0.25, 0.3) is 0 Å². The summed E-state index contributed by atoms with van der Waals surface area (Å²) < 4.78 is 18.9. The van der Waals surface area contributed by atoms with Crippen LogP contribution in [0.5, 0.6) is 6.01 Å². The van der Waals surface area contributed by atoms with Crippen LogP contribution >= 0.6 is 0 Å². The number of hydrogen-bond acceptors (Lipinski definition) is 7. The normalized spacial score (nSPS) is 22.8.